The van der Waals surface area contributed by atoms with Gasteiger partial charge in [0.1, 0.15) is 11.9 Å². The fourth-order valence-corrected chi connectivity index (χ4v) is 1.99. The van der Waals surface area contributed by atoms with Crippen molar-refractivity contribution in [2.24, 2.45) is 7.05 Å². The number of hydrogen-bond acceptors (Lipinski definition) is 3. The zero-order valence-electron chi connectivity index (χ0n) is 12.0. The first kappa shape index (κ1) is 14.9. The summed E-state index contributed by atoms with van der Waals surface area (Å²) in [5.74, 6) is 0.664. The highest BCUT2D eigenvalue weighted by Gasteiger charge is 2.12. The Labute approximate surface area is 123 Å². The molecule has 2 aromatic rings. The molecule has 3 N–H and O–H groups in total. The number of amides is 2. The smallest absolute Gasteiger partial charge is 0.319 e. The molecular weight excluding hydrogens is 270 g/mol. The van der Waals surface area contributed by atoms with Crippen LogP contribution < -0.4 is 15.4 Å². The number of nitrogens with zero attached hydrogens (tertiary/aromatic N) is 1. The summed E-state index contributed by atoms with van der Waals surface area (Å²) < 4.78 is 6.89. The normalized spacial score (nSPS) is 11.8. The van der Waals surface area contributed by atoms with Gasteiger partial charge in [-0.25, -0.2) is 4.79 Å². The first-order chi connectivity index (χ1) is 10.1. The van der Waals surface area contributed by atoms with E-state index in [1.807, 2.05) is 29.9 Å². The van der Waals surface area contributed by atoms with Gasteiger partial charge in [-0.05, 0) is 24.3 Å². The Kier molecular flexibility index (Phi) is 4.84. The van der Waals surface area contributed by atoms with E-state index in [2.05, 4.69) is 10.6 Å². The average molecular weight is 289 g/mol. The zero-order valence-corrected chi connectivity index (χ0v) is 12.0. The van der Waals surface area contributed by atoms with Crippen molar-refractivity contribution in [3.8, 4) is 5.75 Å². The van der Waals surface area contributed by atoms with E-state index in [1.54, 1.807) is 31.4 Å². The topological polar surface area (TPSA) is 75.5 Å². The number of anilines is 1. The van der Waals surface area contributed by atoms with Crippen molar-refractivity contribution in [2.75, 3.05) is 19.0 Å². The number of carbonyl (C=O) groups is 1. The maximum Gasteiger partial charge on any atom is 0.319 e. The summed E-state index contributed by atoms with van der Waals surface area (Å²) in [4.78, 5) is 11.8. The first-order valence-corrected chi connectivity index (χ1v) is 6.58. The molecule has 0 saturated heterocycles. The number of hydrogen-bond donors (Lipinski definition) is 3. The lowest BCUT2D eigenvalue weighted by Crippen LogP contribution is -2.32. The highest BCUT2D eigenvalue weighted by molar-refractivity contribution is 5.89. The lowest BCUT2D eigenvalue weighted by atomic mass is 10.2. The molecule has 0 spiro atoms. The average Bonchev–Trinajstić information content (AvgIpc) is 2.91. The Hall–Kier alpha value is -2.47. The van der Waals surface area contributed by atoms with Crippen LogP contribution in [0.1, 0.15) is 11.8 Å². The molecule has 0 saturated carbocycles. The maximum atomic E-state index is 11.8. The predicted octanol–water partition coefficient (Wildman–Crippen LogP) is 1.89. The molecular formula is C15H19N3O3. The van der Waals surface area contributed by atoms with E-state index < -0.39 is 6.10 Å². The van der Waals surface area contributed by atoms with Crippen LogP contribution in [0.4, 0.5) is 10.5 Å². The number of benzene rings is 1. The van der Waals surface area contributed by atoms with Crippen molar-refractivity contribution in [1.29, 1.82) is 0 Å². The number of urea groups is 1. The second-order valence-corrected chi connectivity index (χ2v) is 4.63. The van der Waals surface area contributed by atoms with Gasteiger partial charge in [0.15, 0.2) is 0 Å². The van der Waals surface area contributed by atoms with E-state index in [0.29, 0.717) is 11.4 Å². The standard InChI is InChI=1S/C15H19N3O3/c1-18-8-4-7-13(18)14(19)10-16-15(20)17-11-5-3-6-12(9-11)21-2/h3-9,14,19H,10H2,1-2H3,(H2,16,17,20). The molecule has 1 aromatic heterocycles. The summed E-state index contributed by atoms with van der Waals surface area (Å²) >= 11 is 0. The molecule has 21 heavy (non-hydrogen) atoms. The summed E-state index contributed by atoms with van der Waals surface area (Å²) in [7, 11) is 3.41. The van der Waals surface area contributed by atoms with Gasteiger partial charge in [0.05, 0.1) is 13.7 Å². The molecule has 1 atom stereocenters. The second-order valence-electron chi connectivity index (χ2n) is 4.63. The van der Waals surface area contributed by atoms with E-state index in [-0.39, 0.29) is 12.6 Å². The fraction of sp³-hybridized carbons (Fsp3) is 0.267. The Morgan fingerprint density at radius 1 is 1.38 bits per heavy atom. The van der Waals surface area contributed by atoms with E-state index in [0.717, 1.165) is 5.69 Å². The van der Waals surface area contributed by atoms with Gasteiger partial charge in [-0.15, -0.1) is 0 Å². The van der Waals surface area contributed by atoms with E-state index >= 15 is 0 Å². The summed E-state index contributed by atoms with van der Waals surface area (Å²) in [6.45, 7) is 0.133. The number of rotatable bonds is 5. The van der Waals surface area contributed by atoms with Crippen LogP contribution in [0.15, 0.2) is 42.6 Å². The SMILES string of the molecule is COc1cccc(NC(=O)NCC(O)c2cccn2C)c1. The van der Waals surface area contributed by atoms with Gasteiger partial charge < -0.3 is 25.0 Å². The second kappa shape index (κ2) is 6.81. The molecule has 1 unspecified atom stereocenters. The Morgan fingerprint density at radius 2 is 2.19 bits per heavy atom. The molecule has 6 heteroatoms. The van der Waals surface area contributed by atoms with Crippen LogP contribution in [0.5, 0.6) is 5.75 Å². The van der Waals surface area contributed by atoms with Crippen LogP contribution >= 0.6 is 0 Å². The van der Waals surface area contributed by atoms with Crippen molar-refractivity contribution < 1.29 is 14.6 Å². The minimum Gasteiger partial charge on any atom is -0.497 e. The predicted molar refractivity (Wildman–Crippen MR) is 80.4 cm³/mol. The van der Waals surface area contributed by atoms with Gasteiger partial charge >= 0.3 is 6.03 Å². The largest absolute Gasteiger partial charge is 0.497 e. The molecule has 0 aliphatic rings. The molecule has 112 valence electrons. The fourth-order valence-electron chi connectivity index (χ4n) is 1.99. The zero-order chi connectivity index (χ0) is 15.2. The van der Waals surface area contributed by atoms with E-state index in [4.69, 9.17) is 4.74 Å². The van der Waals surface area contributed by atoms with E-state index in [9.17, 15) is 9.90 Å². The number of aliphatic hydroxyl groups is 1. The molecule has 0 fully saturated rings. The summed E-state index contributed by atoms with van der Waals surface area (Å²) in [5.41, 5.74) is 1.37. The molecule has 0 bridgehead atoms. The van der Waals surface area contributed by atoms with E-state index in [1.165, 1.54) is 0 Å². The number of aromatic nitrogens is 1. The number of ether oxygens (including phenoxy) is 1. The van der Waals surface area contributed by atoms with Crippen LogP contribution in [0.3, 0.4) is 0 Å². The summed E-state index contributed by atoms with van der Waals surface area (Å²) in [6, 6.07) is 10.3. The minimum absolute atomic E-state index is 0.133. The number of nitrogens with one attached hydrogen (secondary N) is 2. The van der Waals surface area contributed by atoms with Crippen LogP contribution in [0, 0.1) is 0 Å². The van der Waals surface area contributed by atoms with Crippen molar-refractivity contribution in [3.63, 3.8) is 0 Å². The third-order valence-electron chi connectivity index (χ3n) is 3.11. The highest BCUT2D eigenvalue weighted by Crippen LogP contribution is 2.16. The molecule has 2 amide bonds. The van der Waals surface area contributed by atoms with Crippen LogP contribution in [0.25, 0.3) is 0 Å². The van der Waals surface area contributed by atoms with Crippen molar-refractivity contribution in [3.05, 3.63) is 48.3 Å². The third-order valence-corrected chi connectivity index (χ3v) is 3.11. The highest BCUT2D eigenvalue weighted by atomic mass is 16.5. The summed E-state index contributed by atoms with van der Waals surface area (Å²) in [5, 5.41) is 15.3. The maximum absolute atomic E-state index is 11.8. The minimum atomic E-state index is -0.749. The van der Waals surface area contributed by atoms with Gasteiger partial charge in [0, 0.05) is 30.7 Å². The third kappa shape index (κ3) is 4.00. The van der Waals surface area contributed by atoms with Crippen LogP contribution in [-0.2, 0) is 7.05 Å². The molecule has 1 heterocycles. The monoisotopic (exact) mass is 289 g/mol. The van der Waals surface area contributed by atoms with Gasteiger partial charge in [-0.3, -0.25) is 0 Å². The quantitative estimate of drug-likeness (QED) is 0.787. The molecule has 6 nitrogen and oxygen atoms in total. The lowest BCUT2D eigenvalue weighted by molar-refractivity contribution is 0.167. The summed E-state index contributed by atoms with van der Waals surface area (Å²) in [6.07, 6.45) is 1.09. The van der Waals surface area contributed by atoms with Gasteiger partial charge in [0.2, 0.25) is 0 Å². The Morgan fingerprint density at radius 3 is 2.86 bits per heavy atom. The molecule has 0 aliphatic heterocycles. The molecule has 0 radical (unpaired) electrons. The number of carbonyl (C=O) groups excluding carboxylic acids is 1. The van der Waals surface area contributed by atoms with Gasteiger partial charge in [-0.1, -0.05) is 6.07 Å². The van der Waals surface area contributed by atoms with Crippen LogP contribution in [0.2, 0.25) is 0 Å². The van der Waals surface area contributed by atoms with Crippen molar-refractivity contribution in [2.45, 2.75) is 6.10 Å². The van der Waals surface area contributed by atoms with Crippen molar-refractivity contribution >= 4 is 11.7 Å². The molecule has 2 rings (SSSR count). The first-order valence-electron chi connectivity index (χ1n) is 6.58. The van der Waals surface area contributed by atoms with Crippen LogP contribution in [-0.4, -0.2) is 29.4 Å². The van der Waals surface area contributed by atoms with Crippen molar-refractivity contribution in [1.82, 2.24) is 9.88 Å². The lowest BCUT2D eigenvalue weighted by Gasteiger charge is -2.14. The number of methoxy groups -OCH3 is 1. The number of aryl methyl sites for hydroxylation is 1. The number of aliphatic hydroxyl groups excluding tert-OH is 1. The molecule has 0 aliphatic carbocycles. The molecule has 1 aromatic carbocycles. The Bertz CT molecular complexity index is 610. The Balaban J connectivity index is 1.86. The van der Waals surface area contributed by atoms with Gasteiger partial charge in [-0.2, -0.15) is 0 Å². The van der Waals surface area contributed by atoms with Gasteiger partial charge in [0.25, 0.3) is 0 Å².